The summed E-state index contributed by atoms with van der Waals surface area (Å²) in [6, 6.07) is 9.25. The van der Waals surface area contributed by atoms with Gasteiger partial charge in [0.1, 0.15) is 18.5 Å². The summed E-state index contributed by atoms with van der Waals surface area (Å²) >= 11 is 0. The van der Waals surface area contributed by atoms with Crippen molar-refractivity contribution in [2.45, 2.75) is 25.0 Å². The van der Waals surface area contributed by atoms with Gasteiger partial charge in [0.2, 0.25) is 0 Å². The minimum absolute atomic E-state index is 0.00147. The third kappa shape index (κ3) is 6.44. The fourth-order valence-corrected chi connectivity index (χ4v) is 3.88. The molecule has 0 spiro atoms. The maximum Gasteiger partial charge on any atom is 0.403 e. The number of hydrogen-bond donors (Lipinski definition) is 3. The molecular weight excluding hydrogens is 431 g/mol. The van der Waals surface area contributed by atoms with Crippen molar-refractivity contribution in [3.05, 3.63) is 58.6 Å². The third-order valence-corrected chi connectivity index (χ3v) is 5.51. The number of nitrogens with zero attached hydrogens (tertiary/aromatic N) is 2. The highest BCUT2D eigenvalue weighted by Gasteiger charge is 2.34. The molecule has 12 nitrogen and oxygen atoms in total. The van der Waals surface area contributed by atoms with Gasteiger partial charge in [-0.3, -0.25) is 13.9 Å². The second-order valence-electron chi connectivity index (χ2n) is 6.61. The Hall–Kier alpha value is -2.60. The van der Waals surface area contributed by atoms with E-state index in [0.717, 1.165) is 5.56 Å². The first-order valence-corrected chi connectivity index (χ1v) is 10.8. The number of esters is 1. The monoisotopic (exact) mass is 454 g/mol. The smallest absolute Gasteiger partial charge is 0.403 e. The largest absolute Gasteiger partial charge is 0.468 e. The number of rotatable bonds is 9. The number of carbonyl (C=O) groups excluding carboxylic acids is 1. The summed E-state index contributed by atoms with van der Waals surface area (Å²) in [6.07, 6.45) is -0.277. The average molecular weight is 454 g/mol. The number of ether oxygens (including phenoxy) is 3. The summed E-state index contributed by atoms with van der Waals surface area (Å²) in [5.41, 5.74) is 5.60. The molecule has 31 heavy (non-hydrogen) atoms. The van der Waals surface area contributed by atoms with Gasteiger partial charge in [-0.05, 0) is 18.1 Å². The van der Waals surface area contributed by atoms with Crippen molar-refractivity contribution in [3.8, 4) is 0 Å². The lowest BCUT2D eigenvalue weighted by Gasteiger charge is -2.21. The lowest BCUT2D eigenvalue weighted by Crippen LogP contribution is -2.38. The van der Waals surface area contributed by atoms with E-state index >= 15 is 0 Å². The molecule has 0 bridgehead atoms. The van der Waals surface area contributed by atoms with Gasteiger partial charge >= 0.3 is 19.4 Å². The lowest BCUT2D eigenvalue weighted by atomic mass is 10.1. The summed E-state index contributed by atoms with van der Waals surface area (Å²) in [4.78, 5) is 37.7. The molecule has 0 aliphatic carbocycles. The van der Waals surface area contributed by atoms with Crippen LogP contribution in [0.3, 0.4) is 0 Å². The highest BCUT2D eigenvalue weighted by molar-refractivity contribution is 7.50. The molecule has 1 aromatic heterocycles. The van der Waals surface area contributed by atoms with E-state index in [4.69, 9.17) is 24.5 Å². The first-order chi connectivity index (χ1) is 14.8. The Morgan fingerprint density at radius 3 is 2.84 bits per heavy atom. The number of anilines is 1. The molecule has 168 valence electrons. The predicted molar refractivity (Wildman–Crippen MR) is 108 cm³/mol. The van der Waals surface area contributed by atoms with E-state index in [1.54, 1.807) is 24.3 Å². The Morgan fingerprint density at radius 2 is 2.16 bits per heavy atom. The Kier molecular flexibility index (Phi) is 7.55. The highest BCUT2D eigenvalue weighted by Crippen LogP contribution is 2.39. The van der Waals surface area contributed by atoms with Gasteiger partial charge in [-0.2, -0.15) is 4.98 Å². The zero-order valence-corrected chi connectivity index (χ0v) is 17.5. The van der Waals surface area contributed by atoms with Crippen LogP contribution in [0.25, 0.3) is 0 Å². The topological polar surface area (TPSA) is 164 Å². The van der Waals surface area contributed by atoms with Crippen molar-refractivity contribution < 1.29 is 33.0 Å². The van der Waals surface area contributed by atoms with Crippen molar-refractivity contribution in [1.29, 1.82) is 0 Å². The first-order valence-electron chi connectivity index (χ1n) is 9.26. The number of carbonyl (C=O) groups is 1. The molecule has 0 saturated carbocycles. The van der Waals surface area contributed by atoms with Crippen LogP contribution in [0.1, 0.15) is 11.8 Å². The molecule has 0 amide bonds. The molecule has 1 saturated heterocycles. The Labute approximate surface area is 177 Å². The quantitative estimate of drug-likeness (QED) is 0.350. The molecule has 4 N–H and O–H groups in total. The Morgan fingerprint density at radius 1 is 1.42 bits per heavy atom. The van der Waals surface area contributed by atoms with Crippen LogP contribution in [-0.4, -0.2) is 53.1 Å². The lowest BCUT2D eigenvalue weighted by molar-refractivity contribution is -0.142. The van der Waals surface area contributed by atoms with Crippen LogP contribution in [0, 0.1) is 0 Å². The van der Waals surface area contributed by atoms with E-state index in [0.29, 0.717) is 0 Å². The summed E-state index contributed by atoms with van der Waals surface area (Å²) in [5.74, 6) is -0.645. The number of methoxy groups -OCH3 is 1. The van der Waals surface area contributed by atoms with E-state index in [1.807, 2.05) is 6.07 Å². The van der Waals surface area contributed by atoms with Gasteiger partial charge < -0.3 is 24.8 Å². The maximum atomic E-state index is 12.5. The molecule has 2 heterocycles. The van der Waals surface area contributed by atoms with Crippen molar-refractivity contribution in [2.75, 3.05) is 26.1 Å². The summed E-state index contributed by atoms with van der Waals surface area (Å²) < 4.78 is 34.2. The summed E-state index contributed by atoms with van der Waals surface area (Å²) in [7, 11) is -3.24. The van der Waals surface area contributed by atoms with Crippen LogP contribution in [0.4, 0.5) is 5.82 Å². The molecule has 3 rings (SSSR count). The molecule has 2 aromatic rings. The van der Waals surface area contributed by atoms with E-state index in [2.05, 4.69) is 10.1 Å². The molecule has 1 aromatic carbocycles. The molecule has 0 radical (unpaired) electrons. The van der Waals surface area contributed by atoms with Crippen LogP contribution in [-0.2, 0) is 34.5 Å². The maximum absolute atomic E-state index is 12.5. The second-order valence-corrected chi connectivity index (χ2v) is 8.16. The van der Waals surface area contributed by atoms with Crippen molar-refractivity contribution in [3.63, 3.8) is 0 Å². The van der Waals surface area contributed by atoms with Gasteiger partial charge in [-0.1, -0.05) is 30.3 Å². The number of hydrogen-bond acceptors (Lipinski definition) is 9. The van der Waals surface area contributed by atoms with Crippen LogP contribution >= 0.6 is 7.75 Å². The fraction of sp³-hybridized carbons (Fsp3) is 0.389. The minimum Gasteiger partial charge on any atom is -0.468 e. The van der Waals surface area contributed by atoms with Crippen LogP contribution in [0.2, 0.25) is 0 Å². The van der Waals surface area contributed by atoms with E-state index in [9.17, 15) is 19.0 Å². The number of benzene rings is 1. The van der Waals surface area contributed by atoms with Crippen LogP contribution < -0.4 is 16.5 Å². The molecule has 1 fully saturated rings. The van der Waals surface area contributed by atoms with Gasteiger partial charge in [0.25, 0.3) is 0 Å². The number of nitrogen functional groups attached to an aromatic ring is 1. The molecule has 4 atom stereocenters. The van der Waals surface area contributed by atoms with Crippen LogP contribution in [0.15, 0.2) is 47.4 Å². The minimum atomic E-state index is -4.42. The van der Waals surface area contributed by atoms with Gasteiger partial charge in [0, 0.05) is 6.20 Å². The van der Waals surface area contributed by atoms with Crippen molar-refractivity contribution in [1.82, 2.24) is 14.6 Å². The molecule has 1 aliphatic rings. The number of nitrogens with two attached hydrogens (primary N) is 1. The normalized spacial score (nSPS) is 21.4. The molecule has 13 heteroatoms. The van der Waals surface area contributed by atoms with Gasteiger partial charge in [-0.25, -0.2) is 14.4 Å². The molecule has 3 unspecified atom stereocenters. The first kappa shape index (κ1) is 23.1. The van der Waals surface area contributed by atoms with Crippen molar-refractivity contribution in [2.24, 2.45) is 0 Å². The predicted octanol–water partition coefficient (Wildman–Crippen LogP) is 0.188. The van der Waals surface area contributed by atoms with E-state index < -0.39 is 44.6 Å². The van der Waals surface area contributed by atoms with Crippen molar-refractivity contribution >= 4 is 19.5 Å². The summed E-state index contributed by atoms with van der Waals surface area (Å²) in [6.45, 7) is -0.421. The second kappa shape index (κ2) is 10.1. The number of aromatic nitrogens is 2. The number of nitrogens with one attached hydrogen (secondary N) is 1. The van der Waals surface area contributed by atoms with E-state index in [-0.39, 0.29) is 18.8 Å². The van der Waals surface area contributed by atoms with Gasteiger partial charge in [0.15, 0.2) is 12.5 Å². The standard InChI is InChI=1S/C18H23N4O8P/c1-27-17(23)13(9-12-5-3-2-4-6-12)21-31(25,26)29-11-16-28-10-15(30-16)22-8-7-14(19)20-18(22)24/h2-8,13,15-16H,9-11H2,1H3,(H2,19,20,24)(H2,21,25,26)/t13-,15?,16?/m0/s1. The third-order valence-electron chi connectivity index (χ3n) is 4.37. The van der Waals surface area contributed by atoms with E-state index in [1.165, 1.54) is 23.9 Å². The van der Waals surface area contributed by atoms with Gasteiger partial charge in [-0.15, -0.1) is 0 Å². The molecule has 1 aliphatic heterocycles. The summed E-state index contributed by atoms with van der Waals surface area (Å²) in [5, 5.41) is 2.30. The Bertz CT molecular complexity index is 1000. The Balaban J connectivity index is 1.56. The average Bonchev–Trinajstić information content (AvgIpc) is 3.21. The van der Waals surface area contributed by atoms with Crippen LogP contribution in [0.5, 0.6) is 0 Å². The SMILES string of the molecule is COC(=O)[C@H](Cc1ccccc1)NP(=O)(O)OCC1OCC(n2ccc(N)nc2=O)O1. The zero-order chi connectivity index (χ0) is 22.4. The fourth-order valence-electron chi connectivity index (χ4n) is 2.89. The van der Waals surface area contributed by atoms with Gasteiger partial charge in [0.05, 0.1) is 13.7 Å². The zero-order valence-electron chi connectivity index (χ0n) is 16.6. The molecular formula is C18H23N4O8P. The highest BCUT2D eigenvalue weighted by atomic mass is 31.2.